The van der Waals surface area contributed by atoms with E-state index >= 15 is 0 Å². The SMILES string of the molecule is c1cc(-c2ccccc2-n2c3ccccc3c3c4ccccc4ccc32)cc(-c2ccc3c4c(cccc24)-c2ccccc2O3)c1. The highest BCUT2D eigenvalue weighted by Gasteiger charge is 2.22. The lowest BCUT2D eigenvalue weighted by Crippen LogP contribution is -1.98. The molecule has 2 nitrogen and oxygen atoms in total. The van der Waals surface area contributed by atoms with Gasteiger partial charge < -0.3 is 9.30 Å². The Labute approximate surface area is 266 Å². The molecule has 8 aromatic carbocycles. The summed E-state index contributed by atoms with van der Waals surface area (Å²) in [5.74, 6) is 1.82. The quantitative estimate of drug-likeness (QED) is 0.201. The topological polar surface area (TPSA) is 14.2 Å². The first-order valence-corrected chi connectivity index (χ1v) is 15.8. The number of aromatic nitrogens is 1. The normalized spacial score (nSPS) is 12.1. The molecule has 9 aromatic rings. The van der Waals surface area contributed by atoms with Crippen LogP contribution < -0.4 is 4.74 Å². The minimum Gasteiger partial charge on any atom is -0.456 e. The number of para-hydroxylation sites is 3. The Bertz CT molecular complexity index is 2680. The third-order valence-electron chi connectivity index (χ3n) is 9.59. The van der Waals surface area contributed by atoms with Crippen molar-refractivity contribution < 1.29 is 4.74 Å². The number of benzene rings is 8. The fourth-order valence-corrected chi connectivity index (χ4v) is 7.60. The number of ether oxygens (including phenoxy) is 1. The van der Waals surface area contributed by atoms with E-state index in [0.29, 0.717) is 0 Å². The van der Waals surface area contributed by atoms with Gasteiger partial charge in [0.25, 0.3) is 0 Å². The number of hydrogen-bond donors (Lipinski definition) is 0. The third-order valence-corrected chi connectivity index (χ3v) is 9.59. The van der Waals surface area contributed by atoms with Crippen LogP contribution in [-0.4, -0.2) is 4.57 Å². The number of hydrogen-bond acceptors (Lipinski definition) is 1. The average Bonchev–Trinajstić information content (AvgIpc) is 3.47. The van der Waals surface area contributed by atoms with Crippen molar-refractivity contribution in [2.24, 2.45) is 0 Å². The van der Waals surface area contributed by atoms with E-state index in [0.717, 1.165) is 17.1 Å². The predicted octanol–water partition coefficient (Wildman–Crippen LogP) is 12.2. The molecule has 0 fully saturated rings. The monoisotopic (exact) mass is 585 g/mol. The lowest BCUT2D eigenvalue weighted by molar-refractivity contribution is 0.487. The summed E-state index contributed by atoms with van der Waals surface area (Å²) in [7, 11) is 0. The van der Waals surface area contributed by atoms with Gasteiger partial charge >= 0.3 is 0 Å². The Morgan fingerprint density at radius 1 is 0.370 bits per heavy atom. The molecule has 0 bridgehead atoms. The van der Waals surface area contributed by atoms with Crippen molar-refractivity contribution >= 4 is 43.4 Å². The van der Waals surface area contributed by atoms with Gasteiger partial charge in [-0.1, -0.05) is 127 Å². The molecule has 1 aliphatic heterocycles. The van der Waals surface area contributed by atoms with Crippen molar-refractivity contribution in [2.75, 3.05) is 0 Å². The Balaban J connectivity index is 1.18. The molecule has 2 heterocycles. The van der Waals surface area contributed by atoms with Crippen LogP contribution in [0.1, 0.15) is 0 Å². The van der Waals surface area contributed by atoms with E-state index in [9.17, 15) is 0 Å². The summed E-state index contributed by atoms with van der Waals surface area (Å²) in [6.45, 7) is 0. The molecular formula is C44H27NO. The van der Waals surface area contributed by atoms with Crippen molar-refractivity contribution in [2.45, 2.75) is 0 Å². The maximum absolute atomic E-state index is 6.38. The van der Waals surface area contributed by atoms with Crippen molar-refractivity contribution in [3.05, 3.63) is 164 Å². The summed E-state index contributed by atoms with van der Waals surface area (Å²) >= 11 is 0. The van der Waals surface area contributed by atoms with Gasteiger partial charge in [-0.2, -0.15) is 0 Å². The van der Waals surface area contributed by atoms with Crippen LogP contribution in [0.25, 0.3) is 82.4 Å². The number of fused-ring (bicyclic) bond motifs is 7. The zero-order valence-corrected chi connectivity index (χ0v) is 24.9. The van der Waals surface area contributed by atoms with Crippen LogP contribution in [0.4, 0.5) is 0 Å². The molecule has 10 rings (SSSR count). The maximum atomic E-state index is 6.38. The van der Waals surface area contributed by atoms with Crippen molar-refractivity contribution in [3.63, 3.8) is 0 Å². The van der Waals surface area contributed by atoms with E-state index < -0.39 is 0 Å². The third kappa shape index (κ3) is 3.59. The average molecular weight is 586 g/mol. The largest absolute Gasteiger partial charge is 0.456 e. The van der Waals surface area contributed by atoms with Crippen LogP contribution in [0.2, 0.25) is 0 Å². The van der Waals surface area contributed by atoms with E-state index in [2.05, 4.69) is 156 Å². The zero-order chi connectivity index (χ0) is 30.2. The Kier molecular flexibility index (Phi) is 5.31. The number of nitrogens with zero attached hydrogens (tertiary/aromatic N) is 1. The van der Waals surface area contributed by atoms with Crippen LogP contribution in [0, 0.1) is 0 Å². The second kappa shape index (κ2) is 9.69. The van der Waals surface area contributed by atoms with Crippen LogP contribution in [0.5, 0.6) is 11.5 Å². The van der Waals surface area contributed by atoms with Gasteiger partial charge in [-0.05, 0) is 74.8 Å². The van der Waals surface area contributed by atoms with Gasteiger partial charge in [0.15, 0.2) is 0 Å². The van der Waals surface area contributed by atoms with Crippen LogP contribution >= 0.6 is 0 Å². The van der Waals surface area contributed by atoms with Crippen molar-refractivity contribution in [1.29, 1.82) is 0 Å². The van der Waals surface area contributed by atoms with Crippen molar-refractivity contribution in [1.82, 2.24) is 4.57 Å². The molecule has 0 spiro atoms. The Morgan fingerprint density at radius 3 is 2.00 bits per heavy atom. The summed E-state index contributed by atoms with van der Waals surface area (Å²) in [5, 5.41) is 7.47. The number of rotatable bonds is 3. The van der Waals surface area contributed by atoms with Gasteiger partial charge in [0.05, 0.1) is 16.7 Å². The predicted molar refractivity (Wildman–Crippen MR) is 192 cm³/mol. The molecule has 0 saturated carbocycles. The molecule has 0 aliphatic carbocycles. The molecule has 0 amide bonds. The smallest absolute Gasteiger partial charge is 0.135 e. The van der Waals surface area contributed by atoms with E-state index in [4.69, 9.17) is 4.74 Å². The molecule has 0 atom stereocenters. The second-order valence-corrected chi connectivity index (χ2v) is 12.1. The van der Waals surface area contributed by atoms with Crippen LogP contribution in [0.3, 0.4) is 0 Å². The lowest BCUT2D eigenvalue weighted by Gasteiger charge is -2.22. The first-order chi connectivity index (χ1) is 22.8. The Hall–Kier alpha value is -6.12. The van der Waals surface area contributed by atoms with E-state index in [1.165, 1.54) is 76.9 Å². The first-order valence-electron chi connectivity index (χ1n) is 15.8. The highest BCUT2D eigenvalue weighted by atomic mass is 16.5. The molecule has 1 aromatic heterocycles. The fraction of sp³-hybridized carbons (Fsp3) is 0. The summed E-state index contributed by atoms with van der Waals surface area (Å²) in [5.41, 5.74) is 10.7. The highest BCUT2D eigenvalue weighted by Crippen LogP contribution is 2.49. The summed E-state index contributed by atoms with van der Waals surface area (Å²) in [6, 6.07) is 59.0. The highest BCUT2D eigenvalue weighted by molar-refractivity contribution is 6.21. The van der Waals surface area contributed by atoms with Crippen LogP contribution in [0.15, 0.2) is 164 Å². The van der Waals surface area contributed by atoms with Gasteiger partial charge in [-0.3, -0.25) is 0 Å². The van der Waals surface area contributed by atoms with E-state index in [1.807, 2.05) is 12.1 Å². The van der Waals surface area contributed by atoms with Crippen molar-refractivity contribution in [3.8, 4) is 50.6 Å². The lowest BCUT2D eigenvalue weighted by atomic mass is 9.89. The maximum Gasteiger partial charge on any atom is 0.135 e. The first kappa shape index (κ1) is 25.2. The van der Waals surface area contributed by atoms with Gasteiger partial charge in [0.2, 0.25) is 0 Å². The molecule has 214 valence electrons. The van der Waals surface area contributed by atoms with E-state index in [-0.39, 0.29) is 0 Å². The molecule has 0 N–H and O–H groups in total. The second-order valence-electron chi connectivity index (χ2n) is 12.1. The summed E-state index contributed by atoms with van der Waals surface area (Å²) < 4.78 is 8.83. The minimum absolute atomic E-state index is 0.909. The van der Waals surface area contributed by atoms with E-state index in [1.54, 1.807) is 0 Å². The molecule has 1 aliphatic rings. The van der Waals surface area contributed by atoms with Gasteiger partial charge in [0, 0.05) is 27.3 Å². The minimum atomic E-state index is 0.909. The van der Waals surface area contributed by atoms with Gasteiger partial charge in [-0.25, -0.2) is 0 Å². The van der Waals surface area contributed by atoms with Gasteiger partial charge in [-0.15, -0.1) is 0 Å². The van der Waals surface area contributed by atoms with Crippen LogP contribution in [-0.2, 0) is 0 Å². The molecular weight excluding hydrogens is 558 g/mol. The molecule has 0 radical (unpaired) electrons. The zero-order valence-electron chi connectivity index (χ0n) is 24.9. The fourth-order valence-electron chi connectivity index (χ4n) is 7.60. The van der Waals surface area contributed by atoms with Gasteiger partial charge in [0.1, 0.15) is 11.5 Å². The molecule has 2 heteroatoms. The summed E-state index contributed by atoms with van der Waals surface area (Å²) in [6.07, 6.45) is 0. The standard InChI is InChI=1S/C44H27NO/c1-2-15-33-28(11-1)23-25-40-43(33)37-17-4-7-21-39(37)45(40)38-20-6-3-14-32(38)30-13-9-12-29(27-30)31-24-26-42-44-35(31)18-10-19-36(44)34-16-5-8-22-41(34)46-42/h1-27H. The Morgan fingerprint density at radius 2 is 1.07 bits per heavy atom. The molecule has 46 heavy (non-hydrogen) atoms. The molecule has 0 unspecified atom stereocenters. The summed E-state index contributed by atoms with van der Waals surface area (Å²) in [4.78, 5) is 0. The molecule has 0 saturated heterocycles.